The van der Waals surface area contributed by atoms with E-state index in [9.17, 15) is 0 Å². The molecule has 0 fully saturated rings. The first kappa shape index (κ1) is 102. The summed E-state index contributed by atoms with van der Waals surface area (Å²) in [6.45, 7) is 12.4. The molecule has 0 saturated carbocycles. The molecular formula is C122H94Ir4N8-8. The molecular weight excluding hydrogens is 2350 g/mol. The zero-order valence-corrected chi connectivity index (χ0v) is 84.4. The fourth-order valence-electron chi connectivity index (χ4n) is 13.9. The summed E-state index contributed by atoms with van der Waals surface area (Å²) in [5.74, 6) is 0. The number of rotatable bonds is 12. The van der Waals surface area contributed by atoms with Crippen LogP contribution in [0.5, 0.6) is 0 Å². The average molecular weight is 2440 g/mol. The Balaban J connectivity index is 0.000000159. The molecule has 13 aromatic carbocycles. The Morgan fingerprint density at radius 3 is 0.791 bits per heavy atom. The van der Waals surface area contributed by atoms with Gasteiger partial charge >= 0.3 is 0 Å². The monoisotopic (exact) mass is 2440 g/mol. The smallest absolute Gasteiger partial charge is 0.0266 e. The minimum atomic E-state index is 0. The van der Waals surface area contributed by atoms with Crippen LogP contribution in [0.2, 0.25) is 0 Å². The molecule has 0 atom stereocenters. The van der Waals surface area contributed by atoms with Gasteiger partial charge in [0.05, 0.1) is 0 Å². The van der Waals surface area contributed by atoms with Crippen molar-refractivity contribution in [3.05, 3.63) is 544 Å². The largest absolute Gasteiger partial charge is 0.305 e. The summed E-state index contributed by atoms with van der Waals surface area (Å²) in [5, 5.41) is 2.52. The van der Waals surface area contributed by atoms with Crippen molar-refractivity contribution in [2.45, 2.75) is 41.5 Å². The molecule has 0 saturated heterocycles. The molecule has 0 aliphatic carbocycles. The van der Waals surface area contributed by atoms with E-state index in [1.807, 2.05) is 367 Å². The quantitative estimate of drug-likeness (QED) is 0.111. The molecule has 0 spiro atoms. The molecule has 0 bridgehead atoms. The van der Waals surface area contributed by atoms with Crippen LogP contribution in [0, 0.1) is 90.1 Å². The maximum atomic E-state index is 4.63. The molecule has 666 valence electrons. The van der Waals surface area contributed by atoms with E-state index in [-0.39, 0.29) is 80.4 Å². The zero-order valence-electron chi connectivity index (χ0n) is 74.8. The molecule has 0 unspecified atom stereocenters. The van der Waals surface area contributed by atoms with Gasteiger partial charge in [-0.3, -0.25) is 0 Å². The summed E-state index contributed by atoms with van der Waals surface area (Å²) in [5.41, 5.74) is 32.5. The number of nitrogens with zero attached hydrogens (tertiary/aromatic N) is 8. The fourth-order valence-corrected chi connectivity index (χ4v) is 13.9. The molecule has 21 aromatic rings. The van der Waals surface area contributed by atoms with Crippen molar-refractivity contribution in [2.24, 2.45) is 0 Å². The standard InChI is InChI=1S/C22H16N.2C18H14N.C17H12N.3C12H10N.C11H8N.4Ir/c1-16-13-22(18-8-3-2-4-9-18)23-15-21(16)20-12-11-17-7-5-6-10-19(17)14-20;2*1-14-12-18(16-10-6-3-7-11-16)19-13-17(14)15-8-4-2-5-9-15;1-3-7-14(8-4-1)16-11-12-17(18-13-16)15-9-5-2-6-10-15;2*1-10-6-5-9-12(13-10)11-7-3-2-4-8-11;1-10-7-8-12(13-9-10)11-5-3-2-4-6-11;1-2-6-10(7-3-1)11-8-4-5-9-12-11;;;;/h2-8,10-15H,1H3;2*2-10,12-13H,1H3;1-9,11-13H;2*2-7,9H,1H3;2-5,7-9H,1H3;1-6,8-9H;;;;/q8*-1;;;;. The van der Waals surface area contributed by atoms with Gasteiger partial charge in [-0.15, -0.1) is 287 Å². The topological polar surface area (TPSA) is 103 Å². The maximum absolute atomic E-state index is 4.63. The van der Waals surface area contributed by atoms with Crippen LogP contribution in [0.1, 0.15) is 33.6 Å². The van der Waals surface area contributed by atoms with Gasteiger partial charge < -0.3 is 39.9 Å². The number of pyridine rings is 8. The van der Waals surface area contributed by atoms with Crippen molar-refractivity contribution in [2.75, 3.05) is 0 Å². The Bertz CT molecular complexity index is 6660. The third kappa shape index (κ3) is 30.8. The van der Waals surface area contributed by atoms with E-state index in [1.54, 1.807) is 6.20 Å². The van der Waals surface area contributed by atoms with Gasteiger partial charge in [0.15, 0.2) is 0 Å². The number of hydrogen-bond acceptors (Lipinski definition) is 8. The van der Waals surface area contributed by atoms with Gasteiger partial charge in [-0.1, -0.05) is 206 Å². The van der Waals surface area contributed by atoms with Crippen molar-refractivity contribution in [3.63, 3.8) is 0 Å². The summed E-state index contributed by atoms with van der Waals surface area (Å²) in [7, 11) is 0. The molecule has 134 heavy (non-hydrogen) atoms. The van der Waals surface area contributed by atoms with E-state index in [0.717, 1.165) is 107 Å². The summed E-state index contributed by atoms with van der Waals surface area (Å²) in [6, 6.07) is 167. The summed E-state index contributed by atoms with van der Waals surface area (Å²) in [6.07, 6.45) is 11.4. The first-order chi connectivity index (χ1) is 64.0. The van der Waals surface area contributed by atoms with E-state index in [4.69, 9.17) is 0 Å². The van der Waals surface area contributed by atoms with Crippen molar-refractivity contribution in [1.82, 2.24) is 39.9 Å². The van der Waals surface area contributed by atoms with E-state index in [2.05, 4.69) is 218 Å². The van der Waals surface area contributed by atoms with E-state index in [0.29, 0.717) is 0 Å². The van der Waals surface area contributed by atoms with Crippen LogP contribution in [0.4, 0.5) is 0 Å². The van der Waals surface area contributed by atoms with Crippen molar-refractivity contribution in [1.29, 1.82) is 0 Å². The number of fused-ring (bicyclic) bond motifs is 1. The molecule has 0 N–H and O–H groups in total. The predicted molar refractivity (Wildman–Crippen MR) is 536 cm³/mol. The molecule has 12 heteroatoms. The number of hydrogen-bond donors (Lipinski definition) is 0. The normalized spacial score (nSPS) is 9.93. The SMILES string of the molecule is Cc1cc(-c2[c-]cccc2)ncc1-c1ccc2ccccc2c1.Cc1cc(-c2[c-]cccc2)ncc1-c1ccccc1.Cc1cc(-c2[c-]cccc2)ncc1-c1ccccc1.Cc1ccc(-c2[c-]cccc2)nc1.Cc1cccc(-c2[c-]cccc2)n1.Cc1cccc(-c2[c-]cccc2)n1.[Ir].[Ir].[Ir].[Ir].[c-]1ccccc1-c1ccc(-c2ccccc2)cn1.[c-]1ccccc1-c1ccccn1. The van der Waals surface area contributed by atoms with Crippen LogP contribution in [0.3, 0.4) is 0 Å². The van der Waals surface area contributed by atoms with E-state index in [1.165, 1.54) is 72.0 Å². The number of benzene rings is 13. The molecule has 0 aliphatic heterocycles. The number of aromatic nitrogens is 8. The van der Waals surface area contributed by atoms with Gasteiger partial charge in [-0.25, -0.2) is 0 Å². The first-order valence-electron chi connectivity index (χ1n) is 43.0. The molecule has 21 rings (SSSR count). The van der Waals surface area contributed by atoms with E-state index < -0.39 is 0 Å². The van der Waals surface area contributed by atoms with E-state index >= 15 is 0 Å². The first-order valence-corrected chi connectivity index (χ1v) is 43.0. The van der Waals surface area contributed by atoms with Crippen LogP contribution >= 0.6 is 0 Å². The summed E-state index contributed by atoms with van der Waals surface area (Å²) in [4.78, 5) is 35.6. The minimum absolute atomic E-state index is 0. The van der Waals surface area contributed by atoms with Crippen molar-refractivity contribution in [3.8, 4) is 135 Å². The fraction of sp³-hybridized carbons (Fsp3) is 0.0492. The Labute approximate surface area is 843 Å². The molecule has 4 radical (unpaired) electrons. The second kappa shape index (κ2) is 54.7. The van der Waals surface area contributed by atoms with Crippen molar-refractivity contribution < 1.29 is 80.4 Å². The number of aryl methyl sites for hydroxylation is 6. The summed E-state index contributed by atoms with van der Waals surface area (Å²) < 4.78 is 0. The van der Waals surface area contributed by atoms with Crippen LogP contribution in [-0.2, 0) is 80.4 Å². The van der Waals surface area contributed by atoms with Crippen LogP contribution in [0.25, 0.3) is 145 Å². The summed E-state index contributed by atoms with van der Waals surface area (Å²) >= 11 is 0. The minimum Gasteiger partial charge on any atom is -0.305 e. The maximum Gasteiger partial charge on any atom is 0.0266 e. The second-order valence-electron chi connectivity index (χ2n) is 30.2. The Kier molecular flexibility index (Phi) is 41.6. The third-order valence-electron chi connectivity index (χ3n) is 20.7. The van der Waals surface area contributed by atoms with Crippen molar-refractivity contribution >= 4 is 10.8 Å². The van der Waals surface area contributed by atoms with Gasteiger partial charge in [-0.05, 0) is 172 Å². The van der Waals surface area contributed by atoms with Crippen LogP contribution in [0.15, 0.2) is 462 Å². The molecule has 0 aliphatic rings. The molecule has 0 amide bonds. The molecule has 8 nitrogen and oxygen atoms in total. The Morgan fingerprint density at radius 2 is 0.470 bits per heavy atom. The average Bonchev–Trinajstić information content (AvgIpc) is 0.813. The molecule has 8 aromatic heterocycles. The van der Waals surface area contributed by atoms with Gasteiger partial charge in [0.2, 0.25) is 0 Å². The van der Waals surface area contributed by atoms with Gasteiger partial charge in [0.1, 0.15) is 0 Å². The van der Waals surface area contributed by atoms with Gasteiger partial charge in [-0.2, -0.15) is 0 Å². The Morgan fingerprint density at radius 1 is 0.179 bits per heavy atom. The van der Waals surface area contributed by atoms with Crippen LogP contribution in [-0.4, -0.2) is 39.9 Å². The Hall–Kier alpha value is -14.1. The van der Waals surface area contributed by atoms with Gasteiger partial charge in [0.25, 0.3) is 0 Å². The predicted octanol–water partition coefficient (Wildman–Crippen LogP) is 30.1. The zero-order chi connectivity index (χ0) is 89.5. The second-order valence-corrected chi connectivity index (χ2v) is 30.2. The third-order valence-corrected chi connectivity index (χ3v) is 20.7. The van der Waals surface area contributed by atoms with Gasteiger partial charge in [0, 0.05) is 146 Å². The molecule has 8 heterocycles. The van der Waals surface area contributed by atoms with Crippen LogP contribution < -0.4 is 0 Å².